The average Bonchev–Trinajstić information content (AvgIpc) is 2.71. The zero-order valence-corrected chi connectivity index (χ0v) is 15.1. The van der Waals surface area contributed by atoms with Gasteiger partial charge in [-0.05, 0) is 48.1 Å². The number of fused-ring (bicyclic) bond motifs is 3. The fourth-order valence-electron chi connectivity index (χ4n) is 4.08. The van der Waals surface area contributed by atoms with Gasteiger partial charge < -0.3 is 10.0 Å². The molecule has 4 rings (SSSR count). The van der Waals surface area contributed by atoms with E-state index >= 15 is 0 Å². The lowest BCUT2D eigenvalue weighted by Gasteiger charge is -2.33. The van der Waals surface area contributed by atoms with E-state index in [4.69, 9.17) is 5.11 Å². The molecule has 0 bridgehead atoms. The zero-order valence-electron chi connectivity index (χ0n) is 15.1. The molecule has 5 heteroatoms. The number of carbonyl (C=O) groups excluding carboxylic acids is 1. The Hall–Kier alpha value is -2.95. The quantitative estimate of drug-likeness (QED) is 0.709. The number of aliphatic carboxylic acids is 1. The van der Waals surface area contributed by atoms with Crippen LogP contribution in [0.2, 0.25) is 0 Å². The molecule has 1 aliphatic heterocycles. The predicted molar refractivity (Wildman–Crippen MR) is 105 cm³/mol. The normalized spacial score (nSPS) is 17.3. The van der Waals surface area contributed by atoms with Crippen molar-refractivity contribution in [2.45, 2.75) is 25.7 Å². The molecule has 1 unspecified atom stereocenters. The summed E-state index contributed by atoms with van der Waals surface area (Å²) in [6.07, 6.45) is 4.39. The Morgan fingerprint density at radius 2 is 1.96 bits per heavy atom. The zero-order chi connectivity index (χ0) is 18.8. The van der Waals surface area contributed by atoms with Gasteiger partial charge in [0.25, 0.3) is 5.91 Å². The van der Waals surface area contributed by atoms with Crippen molar-refractivity contribution in [3.05, 3.63) is 54.2 Å². The molecular formula is C22H22N2O3. The Morgan fingerprint density at radius 3 is 2.81 bits per heavy atom. The van der Waals surface area contributed by atoms with Crippen molar-refractivity contribution in [3.63, 3.8) is 0 Å². The summed E-state index contributed by atoms with van der Waals surface area (Å²) in [4.78, 5) is 30.5. The molecule has 0 aliphatic carbocycles. The van der Waals surface area contributed by atoms with Crippen molar-refractivity contribution >= 4 is 33.6 Å². The first-order valence-electron chi connectivity index (χ1n) is 9.41. The number of nitrogens with zero attached hydrogens (tertiary/aromatic N) is 2. The Labute approximate surface area is 157 Å². The van der Waals surface area contributed by atoms with Gasteiger partial charge >= 0.3 is 5.97 Å². The van der Waals surface area contributed by atoms with E-state index in [1.165, 1.54) is 0 Å². The third-order valence-corrected chi connectivity index (χ3v) is 5.42. The van der Waals surface area contributed by atoms with Crippen LogP contribution in [0.4, 0.5) is 0 Å². The number of pyridine rings is 1. The monoisotopic (exact) mass is 362 g/mol. The van der Waals surface area contributed by atoms with E-state index < -0.39 is 5.97 Å². The van der Waals surface area contributed by atoms with Crippen molar-refractivity contribution in [2.24, 2.45) is 5.92 Å². The summed E-state index contributed by atoms with van der Waals surface area (Å²) in [6.45, 7) is 1.33. The minimum Gasteiger partial charge on any atom is -0.481 e. The van der Waals surface area contributed by atoms with Gasteiger partial charge in [0.2, 0.25) is 0 Å². The van der Waals surface area contributed by atoms with Crippen molar-refractivity contribution in [3.8, 4) is 0 Å². The second-order valence-corrected chi connectivity index (χ2v) is 7.24. The Kier molecular flexibility index (Phi) is 4.75. The van der Waals surface area contributed by atoms with Gasteiger partial charge in [-0.15, -0.1) is 0 Å². The summed E-state index contributed by atoms with van der Waals surface area (Å²) < 4.78 is 0. The largest absolute Gasteiger partial charge is 0.481 e. The molecule has 1 amide bonds. The number of amides is 1. The molecule has 1 atom stereocenters. The second kappa shape index (κ2) is 7.35. The van der Waals surface area contributed by atoms with Gasteiger partial charge in [-0.2, -0.15) is 0 Å². The van der Waals surface area contributed by atoms with Crippen molar-refractivity contribution in [1.29, 1.82) is 0 Å². The SMILES string of the molecule is O=C(O)CCC1CCCN(C(=O)c2cc3ccccc3c3cccnc23)C1. The number of carboxylic acids is 1. The summed E-state index contributed by atoms with van der Waals surface area (Å²) >= 11 is 0. The Balaban J connectivity index is 1.68. The number of likely N-dealkylation sites (tertiary alicyclic amines) is 1. The summed E-state index contributed by atoms with van der Waals surface area (Å²) in [7, 11) is 0. The van der Waals surface area contributed by atoms with Gasteiger partial charge in [0.15, 0.2) is 0 Å². The van der Waals surface area contributed by atoms with Crippen LogP contribution in [0.5, 0.6) is 0 Å². The number of hydrogen-bond acceptors (Lipinski definition) is 3. The second-order valence-electron chi connectivity index (χ2n) is 7.24. The number of aromatic nitrogens is 1. The van der Waals surface area contributed by atoms with Crippen molar-refractivity contribution < 1.29 is 14.7 Å². The fourth-order valence-corrected chi connectivity index (χ4v) is 4.08. The number of piperidine rings is 1. The van der Waals surface area contributed by atoms with E-state index in [0.717, 1.165) is 34.5 Å². The van der Waals surface area contributed by atoms with Gasteiger partial charge in [-0.25, -0.2) is 0 Å². The molecule has 1 aromatic heterocycles. The number of benzene rings is 2. The van der Waals surface area contributed by atoms with Crippen LogP contribution in [0.25, 0.3) is 21.7 Å². The van der Waals surface area contributed by atoms with Gasteiger partial charge in [-0.3, -0.25) is 14.6 Å². The van der Waals surface area contributed by atoms with Crippen LogP contribution in [0.3, 0.4) is 0 Å². The smallest absolute Gasteiger partial charge is 0.303 e. The summed E-state index contributed by atoms with van der Waals surface area (Å²) in [6, 6.07) is 13.9. The molecule has 2 aromatic carbocycles. The maximum absolute atomic E-state index is 13.3. The van der Waals surface area contributed by atoms with Gasteiger partial charge in [0.05, 0.1) is 11.1 Å². The van der Waals surface area contributed by atoms with Crippen LogP contribution in [-0.2, 0) is 4.79 Å². The molecule has 0 radical (unpaired) electrons. The number of hydrogen-bond donors (Lipinski definition) is 1. The molecule has 0 spiro atoms. The first-order chi connectivity index (χ1) is 13.1. The highest BCUT2D eigenvalue weighted by Crippen LogP contribution is 2.29. The van der Waals surface area contributed by atoms with Crippen LogP contribution in [-0.4, -0.2) is 40.0 Å². The topological polar surface area (TPSA) is 70.5 Å². The molecule has 5 nitrogen and oxygen atoms in total. The van der Waals surface area contributed by atoms with E-state index in [0.29, 0.717) is 25.1 Å². The predicted octanol–water partition coefficient (Wildman–Crippen LogP) is 4.11. The molecule has 1 saturated heterocycles. The maximum atomic E-state index is 13.3. The van der Waals surface area contributed by atoms with Crippen molar-refractivity contribution in [2.75, 3.05) is 13.1 Å². The lowest BCUT2D eigenvalue weighted by Crippen LogP contribution is -2.40. The van der Waals surface area contributed by atoms with Crippen LogP contribution >= 0.6 is 0 Å². The third-order valence-electron chi connectivity index (χ3n) is 5.42. The molecule has 27 heavy (non-hydrogen) atoms. The minimum atomic E-state index is -0.775. The molecule has 2 heterocycles. The molecule has 1 aliphatic rings. The van der Waals surface area contributed by atoms with E-state index in [1.807, 2.05) is 41.3 Å². The Bertz CT molecular complexity index is 1010. The van der Waals surface area contributed by atoms with Crippen LogP contribution in [0.1, 0.15) is 36.0 Å². The number of carboxylic acid groups (broad SMARTS) is 1. The standard InChI is InChI=1S/C22H22N2O3/c25-20(26)10-9-15-5-4-12-24(14-15)22(27)19-13-16-6-1-2-7-17(16)18-8-3-11-23-21(18)19/h1-3,6-8,11,13,15H,4-5,9-10,12,14H2,(H,25,26). The minimum absolute atomic E-state index is 0.00974. The Morgan fingerprint density at radius 1 is 1.15 bits per heavy atom. The summed E-state index contributed by atoms with van der Waals surface area (Å²) in [5, 5.41) is 12.0. The van der Waals surface area contributed by atoms with Crippen LogP contribution in [0, 0.1) is 5.92 Å². The first kappa shape index (κ1) is 17.5. The molecular weight excluding hydrogens is 340 g/mol. The summed E-state index contributed by atoms with van der Waals surface area (Å²) in [5.41, 5.74) is 1.36. The third kappa shape index (κ3) is 3.50. The fraction of sp³-hybridized carbons (Fsp3) is 0.318. The van der Waals surface area contributed by atoms with E-state index in [9.17, 15) is 9.59 Å². The van der Waals surface area contributed by atoms with Gasteiger partial charge in [0.1, 0.15) is 0 Å². The highest BCUT2D eigenvalue weighted by Gasteiger charge is 2.26. The number of rotatable bonds is 4. The molecule has 3 aromatic rings. The molecule has 138 valence electrons. The van der Waals surface area contributed by atoms with E-state index in [1.54, 1.807) is 6.20 Å². The van der Waals surface area contributed by atoms with Crippen molar-refractivity contribution in [1.82, 2.24) is 9.88 Å². The van der Waals surface area contributed by atoms with E-state index in [-0.39, 0.29) is 18.2 Å². The maximum Gasteiger partial charge on any atom is 0.303 e. The number of carbonyl (C=O) groups is 2. The highest BCUT2D eigenvalue weighted by atomic mass is 16.4. The summed E-state index contributed by atoms with van der Waals surface area (Å²) in [5.74, 6) is -0.536. The molecule has 1 fully saturated rings. The van der Waals surface area contributed by atoms with Crippen LogP contribution < -0.4 is 0 Å². The highest BCUT2D eigenvalue weighted by molar-refractivity contribution is 6.15. The van der Waals surface area contributed by atoms with E-state index in [2.05, 4.69) is 11.1 Å². The molecule has 0 saturated carbocycles. The van der Waals surface area contributed by atoms with Crippen LogP contribution in [0.15, 0.2) is 48.7 Å². The molecule has 1 N–H and O–H groups in total. The lowest BCUT2D eigenvalue weighted by atomic mass is 9.92. The average molecular weight is 362 g/mol. The first-order valence-corrected chi connectivity index (χ1v) is 9.41. The lowest BCUT2D eigenvalue weighted by molar-refractivity contribution is -0.137. The van der Waals surface area contributed by atoms with Gasteiger partial charge in [-0.1, -0.05) is 30.3 Å². The van der Waals surface area contributed by atoms with Gasteiger partial charge in [0, 0.05) is 31.1 Å².